The van der Waals surface area contributed by atoms with Crippen LogP contribution in [0, 0.1) is 0 Å². The quantitative estimate of drug-likeness (QED) is 0.600. The zero-order valence-electron chi connectivity index (χ0n) is 9.96. The summed E-state index contributed by atoms with van der Waals surface area (Å²) in [6.45, 7) is 2.14. The summed E-state index contributed by atoms with van der Waals surface area (Å²) in [4.78, 5) is 0. The van der Waals surface area contributed by atoms with Crippen molar-refractivity contribution in [3.63, 3.8) is 0 Å². The first kappa shape index (κ1) is 13.9. The summed E-state index contributed by atoms with van der Waals surface area (Å²) in [6.07, 6.45) is 1.04. The molecule has 0 spiro atoms. The lowest BCUT2D eigenvalue weighted by molar-refractivity contribution is 1.10. The van der Waals surface area contributed by atoms with E-state index in [2.05, 4.69) is 47.1 Å². The molecule has 0 fully saturated rings. The van der Waals surface area contributed by atoms with Gasteiger partial charge >= 0.3 is 0 Å². The SMILES string of the molecule is CCc1ccc(C(Cl)c2cc(Cl)cc(Br)c2)cc1. The molecule has 2 aromatic carbocycles. The van der Waals surface area contributed by atoms with Gasteiger partial charge < -0.3 is 0 Å². The summed E-state index contributed by atoms with van der Waals surface area (Å²) in [5.41, 5.74) is 3.40. The van der Waals surface area contributed by atoms with Crippen molar-refractivity contribution in [2.75, 3.05) is 0 Å². The van der Waals surface area contributed by atoms with E-state index in [0.29, 0.717) is 5.02 Å². The van der Waals surface area contributed by atoms with Crippen molar-refractivity contribution in [1.82, 2.24) is 0 Å². The van der Waals surface area contributed by atoms with Crippen LogP contribution in [0.25, 0.3) is 0 Å². The monoisotopic (exact) mass is 342 g/mol. The highest BCUT2D eigenvalue weighted by Gasteiger charge is 2.12. The number of benzene rings is 2. The molecule has 0 aromatic heterocycles. The van der Waals surface area contributed by atoms with Crippen molar-refractivity contribution < 1.29 is 0 Å². The van der Waals surface area contributed by atoms with Crippen LogP contribution in [-0.2, 0) is 6.42 Å². The number of rotatable bonds is 3. The van der Waals surface area contributed by atoms with Crippen LogP contribution >= 0.6 is 39.1 Å². The average Bonchev–Trinajstić information content (AvgIpc) is 2.37. The fourth-order valence-electron chi connectivity index (χ4n) is 1.84. The minimum atomic E-state index is -0.175. The molecule has 0 saturated carbocycles. The van der Waals surface area contributed by atoms with Crippen LogP contribution in [0.15, 0.2) is 46.9 Å². The molecule has 1 atom stereocenters. The highest BCUT2D eigenvalue weighted by molar-refractivity contribution is 9.10. The van der Waals surface area contributed by atoms with Crippen LogP contribution in [0.4, 0.5) is 0 Å². The first-order valence-electron chi connectivity index (χ1n) is 5.79. The molecule has 0 saturated heterocycles. The minimum absolute atomic E-state index is 0.175. The maximum atomic E-state index is 6.49. The second-order valence-electron chi connectivity index (χ2n) is 4.16. The van der Waals surface area contributed by atoms with Gasteiger partial charge in [-0.25, -0.2) is 0 Å². The van der Waals surface area contributed by atoms with Gasteiger partial charge in [0.1, 0.15) is 0 Å². The van der Waals surface area contributed by atoms with Gasteiger partial charge in [0, 0.05) is 9.50 Å². The van der Waals surface area contributed by atoms with Crippen LogP contribution in [0.3, 0.4) is 0 Å². The Morgan fingerprint density at radius 2 is 1.72 bits per heavy atom. The molecular weight excluding hydrogens is 331 g/mol. The predicted molar refractivity (Wildman–Crippen MR) is 82.7 cm³/mol. The summed E-state index contributed by atoms with van der Waals surface area (Å²) in [5, 5.41) is 0.515. The smallest absolute Gasteiger partial charge is 0.0836 e. The third kappa shape index (κ3) is 3.28. The van der Waals surface area contributed by atoms with Crippen LogP contribution in [0.5, 0.6) is 0 Å². The maximum Gasteiger partial charge on any atom is 0.0836 e. The summed E-state index contributed by atoms with van der Waals surface area (Å²) >= 11 is 16.0. The molecule has 0 aliphatic rings. The molecule has 3 heteroatoms. The van der Waals surface area contributed by atoms with Crippen LogP contribution in [0.1, 0.15) is 29.0 Å². The average molecular weight is 344 g/mol. The van der Waals surface area contributed by atoms with E-state index in [1.54, 1.807) is 0 Å². The van der Waals surface area contributed by atoms with Crippen molar-refractivity contribution >= 4 is 39.1 Å². The Labute approximate surface area is 126 Å². The third-order valence-corrected chi connectivity index (χ3v) is 4.04. The molecule has 0 N–H and O–H groups in total. The van der Waals surface area contributed by atoms with E-state index < -0.39 is 0 Å². The van der Waals surface area contributed by atoms with Crippen LogP contribution < -0.4 is 0 Å². The van der Waals surface area contributed by atoms with Gasteiger partial charge in [0.15, 0.2) is 0 Å². The Morgan fingerprint density at radius 1 is 1.06 bits per heavy atom. The van der Waals surface area contributed by atoms with Crippen LogP contribution in [-0.4, -0.2) is 0 Å². The summed E-state index contributed by atoms with van der Waals surface area (Å²) < 4.78 is 0.945. The Kier molecular flexibility index (Phi) is 4.71. The topological polar surface area (TPSA) is 0 Å². The van der Waals surface area contributed by atoms with E-state index in [4.69, 9.17) is 23.2 Å². The van der Waals surface area contributed by atoms with Crippen molar-refractivity contribution in [3.8, 4) is 0 Å². The largest absolute Gasteiger partial charge is 0.113 e. The molecular formula is C15H13BrCl2. The zero-order chi connectivity index (χ0) is 13.1. The van der Waals surface area contributed by atoms with Crippen LogP contribution in [0.2, 0.25) is 5.02 Å². The lowest BCUT2D eigenvalue weighted by Gasteiger charge is -2.12. The van der Waals surface area contributed by atoms with Crippen molar-refractivity contribution in [2.45, 2.75) is 18.7 Å². The summed E-state index contributed by atoms with van der Waals surface area (Å²) in [6, 6.07) is 14.1. The van der Waals surface area contributed by atoms with Gasteiger partial charge in [-0.05, 0) is 41.3 Å². The lowest BCUT2D eigenvalue weighted by Crippen LogP contribution is -1.94. The molecule has 0 bridgehead atoms. The number of aryl methyl sites for hydroxylation is 1. The fraction of sp³-hybridized carbons (Fsp3) is 0.200. The number of hydrogen-bond donors (Lipinski definition) is 0. The predicted octanol–water partition coefficient (Wildman–Crippen LogP) is 5.99. The second kappa shape index (κ2) is 6.10. The van der Waals surface area contributed by atoms with E-state index in [1.165, 1.54) is 5.56 Å². The van der Waals surface area contributed by atoms with Gasteiger partial charge in [0.05, 0.1) is 5.38 Å². The molecule has 0 aliphatic carbocycles. The highest BCUT2D eigenvalue weighted by Crippen LogP contribution is 2.32. The Morgan fingerprint density at radius 3 is 2.28 bits per heavy atom. The molecule has 0 heterocycles. The molecule has 0 nitrogen and oxygen atoms in total. The van der Waals surface area contributed by atoms with Gasteiger partial charge in [0.25, 0.3) is 0 Å². The zero-order valence-corrected chi connectivity index (χ0v) is 13.1. The number of halogens is 3. The standard InChI is InChI=1S/C15H13BrCl2/c1-2-10-3-5-11(6-4-10)15(18)12-7-13(16)9-14(17)8-12/h3-9,15H,2H2,1H3. The molecule has 94 valence electrons. The molecule has 18 heavy (non-hydrogen) atoms. The van der Waals surface area contributed by atoms with E-state index in [0.717, 1.165) is 22.0 Å². The molecule has 2 aromatic rings. The summed E-state index contributed by atoms with van der Waals surface area (Å²) in [7, 11) is 0. The lowest BCUT2D eigenvalue weighted by atomic mass is 10.0. The molecule has 0 amide bonds. The summed E-state index contributed by atoms with van der Waals surface area (Å²) in [5.74, 6) is 0. The van der Waals surface area contributed by atoms with Gasteiger partial charge in [-0.1, -0.05) is 58.7 Å². The van der Waals surface area contributed by atoms with Crippen molar-refractivity contribution in [1.29, 1.82) is 0 Å². The first-order valence-corrected chi connectivity index (χ1v) is 7.40. The Hall–Kier alpha value is -0.500. The Balaban J connectivity index is 2.31. The number of hydrogen-bond acceptors (Lipinski definition) is 0. The van der Waals surface area contributed by atoms with Crippen molar-refractivity contribution in [3.05, 3.63) is 68.7 Å². The molecule has 0 radical (unpaired) electrons. The van der Waals surface area contributed by atoms with Crippen molar-refractivity contribution in [2.24, 2.45) is 0 Å². The minimum Gasteiger partial charge on any atom is -0.113 e. The van der Waals surface area contributed by atoms with Gasteiger partial charge in [0.2, 0.25) is 0 Å². The maximum absolute atomic E-state index is 6.49. The normalized spacial score (nSPS) is 12.4. The molecule has 2 rings (SSSR count). The third-order valence-electron chi connectivity index (χ3n) is 2.86. The van der Waals surface area contributed by atoms with E-state index in [1.807, 2.05) is 18.2 Å². The number of alkyl halides is 1. The molecule has 1 unspecified atom stereocenters. The van der Waals surface area contributed by atoms with E-state index in [-0.39, 0.29) is 5.38 Å². The molecule has 0 aliphatic heterocycles. The fourth-order valence-corrected chi connectivity index (χ4v) is 2.99. The first-order chi connectivity index (χ1) is 8.60. The van der Waals surface area contributed by atoms with Gasteiger partial charge in [-0.2, -0.15) is 0 Å². The highest BCUT2D eigenvalue weighted by atomic mass is 79.9. The van der Waals surface area contributed by atoms with E-state index in [9.17, 15) is 0 Å². The second-order valence-corrected chi connectivity index (χ2v) is 5.95. The Bertz CT molecular complexity index is 514. The van der Waals surface area contributed by atoms with Gasteiger partial charge in [-0.3, -0.25) is 0 Å². The van der Waals surface area contributed by atoms with Gasteiger partial charge in [-0.15, -0.1) is 11.6 Å². The van der Waals surface area contributed by atoms with E-state index >= 15 is 0 Å².